The Labute approximate surface area is 152 Å². The Morgan fingerprint density at radius 1 is 0.960 bits per heavy atom. The fraction of sp³-hybridized carbons (Fsp3) is 0.478. The van der Waals surface area contributed by atoms with Gasteiger partial charge in [-0.25, -0.2) is 0 Å². The van der Waals surface area contributed by atoms with Gasteiger partial charge in [-0.1, -0.05) is 54.6 Å². The summed E-state index contributed by atoms with van der Waals surface area (Å²) in [4.78, 5) is 2.45. The van der Waals surface area contributed by atoms with Crippen LogP contribution in [-0.4, -0.2) is 30.6 Å². The van der Waals surface area contributed by atoms with E-state index in [1.165, 1.54) is 29.5 Å². The number of hydrogen-bond acceptors (Lipinski definition) is 2. The van der Waals surface area contributed by atoms with E-state index < -0.39 is 0 Å². The molecule has 0 aliphatic heterocycles. The molecule has 0 unspecified atom stereocenters. The van der Waals surface area contributed by atoms with E-state index in [9.17, 15) is 0 Å². The van der Waals surface area contributed by atoms with Gasteiger partial charge in [0.2, 0.25) is 0 Å². The highest BCUT2D eigenvalue weighted by molar-refractivity contribution is 5.28. The molecular formula is C23H31NO. The van der Waals surface area contributed by atoms with Crippen LogP contribution in [0.5, 0.6) is 0 Å². The summed E-state index contributed by atoms with van der Waals surface area (Å²) < 4.78 is 6.20. The van der Waals surface area contributed by atoms with E-state index >= 15 is 0 Å². The third-order valence-electron chi connectivity index (χ3n) is 5.92. The predicted octanol–water partition coefficient (Wildman–Crippen LogP) is 5.00. The second-order valence-electron chi connectivity index (χ2n) is 7.72. The van der Waals surface area contributed by atoms with Crippen molar-refractivity contribution in [2.75, 3.05) is 14.1 Å². The maximum atomic E-state index is 6.20. The number of likely N-dealkylation sites (N-methyl/N-ethyl adjacent to an activating group) is 1. The second-order valence-corrected chi connectivity index (χ2v) is 7.72. The van der Waals surface area contributed by atoms with E-state index in [-0.39, 0.29) is 5.54 Å². The fourth-order valence-corrected chi connectivity index (χ4v) is 4.03. The Morgan fingerprint density at radius 2 is 1.60 bits per heavy atom. The molecule has 0 atom stereocenters. The summed E-state index contributed by atoms with van der Waals surface area (Å²) in [6, 6.07) is 19.3. The topological polar surface area (TPSA) is 12.5 Å². The number of rotatable bonds is 6. The maximum absolute atomic E-state index is 6.20. The van der Waals surface area contributed by atoms with Crippen LogP contribution in [0.25, 0.3) is 0 Å². The van der Waals surface area contributed by atoms with Gasteiger partial charge in [-0.3, -0.25) is 0 Å². The van der Waals surface area contributed by atoms with Crippen LogP contribution in [0.3, 0.4) is 0 Å². The molecule has 1 saturated carbocycles. The summed E-state index contributed by atoms with van der Waals surface area (Å²) in [5.41, 5.74) is 4.43. The van der Waals surface area contributed by atoms with Crippen LogP contribution in [-0.2, 0) is 17.8 Å². The van der Waals surface area contributed by atoms with Crippen LogP contribution in [0.1, 0.15) is 42.4 Å². The molecule has 0 N–H and O–H groups in total. The van der Waals surface area contributed by atoms with Crippen molar-refractivity contribution in [3.8, 4) is 0 Å². The molecule has 0 amide bonds. The predicted molar refractivity (Wildman–Crippen MR) is 105 cm³/mol. The first kappa shape index (κ1) is 18.2. The van der Waals surface area contributed by atoms with Crippen LogP contribution < -0.4 is 0 Å². The summed E-state index contributed by atoms with van der Waals surface area (Å²) in [7, 11) is 4.48. The van der Waals surface area contributed by atoms with Crippen LogP contribution in [0.4, 0.5) is 0 Å². The van der Waals surface area contributed by atoms with E-state index in [2.05, 4.69) is 80.5 Å². The van der Waals surface area contributed by atoms with Gasteiger partial charge in [0.25, 0.3) is 0 Å². The Bertz CT molecular complexity index is 657. The van der Waals surface area contributed by atoms with E-state index in [0.29, 0.717) is 6.10 Å². The monoisotopic (exact) mass is 337 g/mol. The molecule has 134 valence electrons. The minimum Gasteiger partial charge on any atom is -0.374 e. The van der Waals surface area contributed by atoms with E-state index in [4.69, 9.17) is 4.74 Å². The highest BCUT2D eigenvalue weighted by atomic mass is 16.5. The SMILES string of the molecule is Cc1ccccc1C[C@]1(N(C)C)CC[C@@H](OCc2ccccc2)CC1. The summed E-state index contributed by atoms with van der Waals surface area (Å²) in [6.07, 6.45) is 6.23. The summed E-state index contributed by atoms with van der Waals surface area (Å²) in [5.74, 6) is 0. The molecule has 1 aliphatic carbocycles. The Balaban J connectivity index is 1.60. The standard InChI is InChI=1S/C23H31NO/c1-19-9-7-8-12-21(19)17-23(24(2)3)15-13-22(14-16-23)25-18-20-10-5-4-6-11-20/h4-12,22H,13-18H2,1-3H3/t22-,23+. The van der Waals surface area contributed by atoms with Crippen LogP contribution >= 0.6 is 0 Å². The Hall–Kier alpha value is -1.64. The highest BCUT2D eigenvalue weighted by Gasteiger charge is 2.37. The molecule has 0 aromatic heterocycles. The Kier molecular flexibility index (Phi) is 5.93. The van der Waals surface area contributed by atoms with Crippen molar-refractivity contribution in [2.45, 2.75) is 57.3 Å². The molecule has 25 heavy (non-hydrogen) atoms. The van der Waals surface area contributed by atoms with Crippen molar-refractivity contribution in [2.24, 2.45) is 0 Å². The van der Waals surface area contributed by atoms with Crippen molar-refractivity contribution in [1.29, 1.82) is 0 Å². The molecule has 0 heterocycles. The zero-order valence-corrected chi connectivity index (χ0v) is 15.9. The normalized spacial score (nSPS) is 23.8. The number of ether oxygens (including phenoxy) is 1. The molecule has 0 bridgehead atoms. The van der Waals surface area contributed by atoms with Gasteiger partial charge in [-0.15, -0.1) is 0 Å². The third-order valence-corrected chi connectivity index (χ3v) is 5.92. The van der Waals surface area contributed by atoms with Crippen molar-refractivity contribution in [1.82, 2.24) is 4.90 Å². The average Bonchev–Trinajstić information content (AvgIpc) is 2.64. The van der Waals surface area contributed by atoms with E-state index in [1.807, 2.05) is 0 Å². The van der Waals surface area contributed by atoms with Gasteiger partial charge in [0, 0.05) is 5.54 Å². The first-order valence-electron chi connectivity index (χ1n) is 9.46. The number of hydrogen-bond donors (Lipinski definition) is 0. The Morgan fingerprint density at radius 3 is 2.24 bits per heavy atom. The average molecular weight is 338 g/mol. The summed E-state index contributed by atoms with van der Waals surface area (Å²) in [5, 5.41) is 0. The first-order valence-corrected chi connectivity index (χ1v) is 9.46. The lowest BCUT2D eigenvalue weighted by molar-refractivity contribution is -0.0230. The number of nitrogens with zero attached hydrogens (tertiary/aromatic N) is 1. The molecule has 2 aromatic rings. The van der Waals surface area contributed by atoms with Crippen molar-refractivity contribution < 1.29 is 4.74 Å². The van der Waals surface area contributed by atoms with Crippen molar-refractivity contribution in [3.63, 3.8) is 0 Å². The van der Waals surface area contributed by atoms with E-state index in [1.54, 1.807) is 0 Å². The quantitative estimate of drug-likeness (QED) is 0.736. The minimum atomic E-state index is 0.263. The van der Waals surface area contributed by atoms with E-state index in [0.717, 1.165) is 25.9 Å². The smallest absolute Gasteiger partial charge is 0.0720 e. The second kappa shape index (κ2) is 8.16. The summed E-state index contributed by atoms with van der Waals surface area (Å²) >= 11 is 0. The first-order chi connectivity index (χ1) is 12.1. The fourth-order valence-electron chi connectivity index (χ4n) is 4.03. The molecule has 2 aromatic carbocycles. The van der Waals surface area contributed by atoms with Gasteiger partial charge >= 0.3 is 0 Å². The molecule has 0 radical (unpaired) electrons. The molecule has 0 saturated heterocycles. The molecular weight excluding hydrogens is 306 g/mol. The lowest BCUT2D eigenvalue weighted by Crippen LogP contribution is -2.49. The van der Waals surface area contributed by atoms with Crippen molar-refractivity contribution in [3.05, 3.63) is 71.3 Å². The molecule has 0 spiro atoms. The zero-order chi connectivity index (χ0) is 17.7. The minimum absolute atomic E-state index is 0.263. The van der Waals surface area contributed by atoms with Gasteiger partial charge in [0.05, 0.1) is 12.7 Å². The highest BCUT2D eigenvalue weighted by Crippen LogP contribution is 2.37. The van der Waals surface area contributed by atoms with Gasteiger partial charge in [-0.2, -0.15) is 0 Å². The molecule has 3 rings (SSSR count). The lowest BCUT2D eigenvalue weighted by Gasteiger charge is -2.45. The lowest BCUT2D eigenvalue weighted by atomic mass is 9.75. The van der Waals surface area contributed by atoms with Crippen molar-refractivity contribution >= 4 is 0 Å². The molecule has 1 fully saturated rings. The summed E-state index contributed by atoms with van der Waals surface area (Å²) in [6.45, 7) is 2.96. The van der Waals surface area contributed by atoms with Gasteiger partial charge in [-0.05, 0) is 69.8 Å². The maximum Gasteiger partial charge on any atom is 0.0720 e. The van der Waals surface area contributed by atoms with Crippen LogP contribution in [0.2, 0.25) is 0 Å². The third kappa shape index (κ3) is 4.50. The van der Waals surface area contributed by atoms with Gasteiger partial charge < -0.3 is 9.64 Å². The molecule has 2 nitrogen and oxygen atoms in total. The number of benzene rings is 2. The van der Waals surface area contributed by atoms with Crippen LogP contribution in [0, 0.1) is 6.92 Å². The van der Waals surface area contributed by atoms with Gasteiger partial charge in [0.1, 0.15) is 0 Å². The number of aryl methyl sites for hydroxylation is 1. The zero-order valence-electron chi connectivity index (χ0n) is 15.9. The molecule has 2 heteroatoms. The largest absolute Gasteiger partial charge is 0.374 e. The van der Waals surface area contributed by atoms with Gasteiger partial charge in [0.15, 0.2) is 0 Å². The molecule has 1 aliphatic rings. The van der Waals surface area contributed by atoms with Crippen LogP contribution in [0.15, 0.2) is 54.6 Å².